The first kappa shape index (κ1) is 13.0. The molecule has 19 heavy (non-hydrogen) atoms. The van der Waals surface area contributed by atoms with Crippen LogP contribution in [-0.2, 0) is 0 Å². The molecule has 98 valence electrons. The molecule has 6 heteroatoms. The summed E-state index contributed by atoms with van der Waals surface area (Å²) in [5.74, 6) is 0.155. The maximum Gasteiger partial charge on any atom is 0.311 e. The van der Waals surface area contributed by atoms with Crippen LogP contribution < -0.4 is 5.32 Å². The first-order valence-electron chi connectivity index (χ1n) is 5.75. The van der Waals surface area contributed by atoms with Crippen LogP contribution in [0.5, 0.6) is 0 Å². The van der Waals surface area contributed by atoms with E-state index < -0.39 is 11.0 Å². The molecular weight excluding hydrogens is 246 g/mol. The predicted molar refractivity (Wildman–Crippen MR) is 70.8 cm³/mol. The van der Waals surface area contributed by atoms with Crippen LogP contribution in [0.3, 0.4) is 0 Å². The molecule has 0 aliphatic rings. The molecule has 2 rings (SSSR count). The maximum absolute atomic E-state index is 10.8. The normalized spacial score (nSPS) is 11.8. The van der Waals surface area contributed by atoms with E-state index in [1.54, 1.807) is 12.1 Å². The van der Waals surface area contributed by atoms with Crippen molar-refractivity contribution in [2.75, 3.05) is 11.9 Å². The maximum atomic E-state index is 10.8. The fourth-order valence-corrected chi connectivity index (χ4v) is 1.67. The number of aromatic nitrogens is 1. The molecule has 6 nitrogen and oxygen atoms in total. The summed E-state index contributed by atoms with van der Waals surface area (Å²) in [4.78, 5) is 14.2. The van der Waals surface area contributed by atoms with Gasteiger partial charge in [-0.2, -0.15) is 0 Å². The number of hydrogen-bond acceptors (Lipinski definition) is 5. The lowest BCUT2D eigenvalue weighted by Gasteiger charge is -2.12. The zero-order valence-corrected chi connectivity index (χ0v) is 10.1. The van der Waals surface area contributed by atoms with Crippen molar-refractivity contribution in [3.8, 4) is 0 Å². The molecule has 0 unspecified atom stereocenters. The molecule has 1 atom stereocenters. The second-order valence-corrected chi connectivity index (χ2v) is 3.94. The first-order chi connectivity index (χ1) is 9.18. The minimum Gasteiger partial charge on any atom is -0.387 e. The van der Waals surface area contributed by atoms with Gasteiger partial charge in [0.1, 0.15) is 0 Å². The number of hydrogen-bond donors (Lipinski definition) is 2. The fourth-order valence-electron chi connectivity index (χ4n) is 1.67. The highest BCUT2D eigenvalue weighted by molar-refractivity contribution is 5.55. The summed E-state index contributed by atoms with van der Waals surface area (Å²) < 4.78 is 0. The van der Waals surface area contributed by atoms with Gasteiger partial charge in [0.05, 0.1) is 11.0 Å². The topological polar surface area (TPSA) is 88.3 Å². The van der Waals surface area contributed by atoms with Crippen LogP contribution in [0.15, 0.2) is 48.7 Å². The lowest BCUT2D eigenvalue weighted by atomic mass is 10.1. The summed E-state index contributed by atoms with van der Waals surface area (Å²) in [7, 11) is 0. The lowest BCUT2D eigenvalue weighted by Crippen LogP contribution is -2.13. The molecule has 0 spiro atoms. The Hall–Kier alpha value is -2.47. The number of benzene rings is 1. The SMILES string of the molecule is O=[N+]([O-])c1cccnc1NC[C@@H](O)c1ccccc1. The van der Waals surface area contributed by atoms with E-state index in [0.29, 0.717) is 0 Å². The van der Waals surface area contributed by atoms with Crippen LogP contribution in [0.2, 0.25) is 0 Å². The van der Waals surface area contributed by atoms with E-state index in [0.717, 1.165) is 5.56 Å². The number of rotatable bonds is 5. The molecule has 1 aromatic carbocycles. The number of anilines is 1. The van der Waals surface area contributed by atoms with Crippen molar-refractivity contribution in [2.24, 2.45) is 0 Å². The summed E-state index contributed by atoms with van der Waals surface area (Å²) in [5.41, 5.74) is 0.636. The molecule has 0 fully saturated rings. The van der Waals surface area contributed by atoms with Crippen molar-refractivity contribution < 1.29 is 10.0 Å². The van der Waals surface area contributed by atoms with Crippen molar-refractivity contribution in [1.82, 2.24) is 4.98 Å². The second-order valence-electron chi connectivity index (χ2n) is 3.94. The molecule has 2 N–H and O–H groups in total. The van der Waals surface area contributed by atoms with Gasteiger partial charge in [0.15, 0.2) is 0 Å². The third kappa shape index (κ3) is 3.26. The molecule has 0 saturated carbocycles. The average Bonchev–Trinajstić information content (AvgIpc) is 2.46. The fraction of sp³-hybridized carbons (Fsp3) is 0.154. The second kappa shape index (κ2) is 5.92. The average molecular weight is 259 g/mol. The highest BCUT2D eigenvalue weighted by Gasteiger charge is 2.15. The molecule has 0 saturated heterocycles. The number of nitro groups is 1. The molecule has 0 amide bonds. The summed E-state index contributed by atoms with van der Waals surface area (Å²) in [6, 6.07) is 11.9. The lowest BCUT2D eigenvalue weighted by molar-refractivity contribution is -0.384. The molecule has 0 radical (unpaired) electrons. The summed E-state index contributed by atoms with van der Waals surface area (Å²) in [5, 5.41) is 23.5. The summed E-state index contributed by atoms with van der Waals surface area (Å²) in [6.07, 6.45) is 0.715. The van der Waals surface area contributed by atoms with Crippen LogP contribution in [0.4, 0.5) is 11.5 Å². The molecule has 0 aliphatic heterocycles. The van der Waals surface area contributed by atoms with Gasteiger partial charge < -0.3 is 10.4 Å². The van der Waals surface area contributed by atoms with Gasteiger partial charge in [-0.3, -0.25) is 10.1 Å². The molecule has 1 aromatic heterocycles. The van der Waals surface area contributed by atoms with Crippen LogP contribution in [0.25, 0.3) is 0 Å². The van der Waals surface area contributed by atoms with E-state index >= 15 is 0 Å². The van der Waals surface area contributed by atoms with Crippen molar-refractivity contribution >= 4 is 11.5 Å². The molecule has 0 aliphatic carbocycles. The van der Waals surface area contributed by atoms with Crippen molar-refractivity contribution in [3.05, 3.63) is 64.3 Å². The van der Waals surface area contributed by atoms with Crippen LogP contribution >= 0.6 is 0 Å². The minimum atomic E-state index is -0.747. The Morgan fingerprint density at radius 2 is 2.00 bits per heavy atom. The number of pyridine rings is 1. The van der Waals surface area contributed by atoms with Gasteiger partial charge in [0.25, 0.3) is 0 Å². The van der Waals surface area contributed by atoms with Gasteiger partial charge in [-0.05, 0) is 11.6 Å². The molecule has 2 aromatic rings. The highest BCUT2D eigenvalue weighted by Crippen LogP contribution is 2.21. The van der Waals surface area contributed by atoms with Crippen LogP contribution in [0.1, 0.15) is 11.7 Å². The minimum absolute atomic E-state index is 0.109. The first-order valence-corrected chi connectivity index (χ1v) is 5.75. The van der Waals surface area contributed by atoms with Crippen LogP contribution in [0, 0.1) is 10.1 Å². The summed E-state index contributed by atoms with van der Waals surface area (Å²) >= 11 is 0. The Balaban J connectivity index is 2.05. The number of nitrogens with one attached hydrogen (secondary N) is 1. The number of nitrogens with zero attached hydrogens (tertiary/aromatic N) is 2. The van der Waals surface area contributed by atoms with Gasteiger partial charge in [-0.1, -0.05) is 30.3 Å². The van der Waals surface area contributed by atoms with Gasteiger partial charge in [0, 0.05) is 18.8 Å². The Morgan fingerprint density at radius 1 is 1.26 bits per heavy atom. The summed E-state index contributed by atoms with van der Waals surface area (Å²) in [6.45, 7) is 0.155. The van der Waals surface area contributed by atoms with E-state index in [1.807, 2.05) is 18.2 Å². The van der Waals surface area contributed by atoms with Gasteiger partial charge in [0.2, 0.25) is 5.82 Å². The smallest absolute Gasteiger partial charge is 0.311 e. The van der Waals surface area contributed by atoms with Gasteiger partial charge in [-0.15, -0.1) is 0 Å². The molecule has 0 bridgehead atoms. The van der Waals surface area contributed by atoms with Gasteiger partial charge >= 0.3 is 5.69 Å². The zero-order valence-electron chi connectivity index (χ0n) is 10.1. The molecule has 1 heterocycles. The highest BCUT2D eigenvalue weighted by atomic mass is 16.6. The monoisotopic (exact) mass is 259 g/mol. The van der Waals surface area contributed by atoms with E-state index in [2.05, 4.69) is 10.3 Å². The van der Waals surface area contributed by atoms with E-state index in [-0.39, 0.29) is 18.1 Å². The standard InChI is InChI=1S/C13H13N3O3/c17-12(10-5-2-1-3-6-10)9-15-13-11(16(18)19)7-4-8-14-13/h1-8,12,17H,9H2,(H,14,15)/t12-/m1/s1. The number of aliphatic hydroxyl groups is 1. The third-order valence-electron chi connectivity index (χ3n) is 2.63. The van der Waals surface area contributed by atoms with E-state index in [1.165, 1.54) is 18.3 Å². The van der Waals surface area contributed by atoms with Crippen molar-refractivity contribution in [3.63, 3.8) is 0 Å². The van der Waals surface area contributed by atoms with Crippen LogP contribution in [-0.4, -0.2) is 21.6 Å². The quantitative estimate of drug-likeness (QED) is 0.634. The van der Waals surface area contributed by atoms with Crippen molar-refractivity contribution in [1.29, 1.82) is 0 Å². The van der Waals surface area contributed by atoms with Gasteiger partial charge in [-0.25, -0.2) is 4.98 Å². The Labute approximate surface area is 109 Å². The Morgan fingerprint density at radius 3 is 2.68 bits per heavy atom. The van der Waals surface area contributed by atoms with Crippen molar-refractivity contribution in [2.45, 2.75) is 6.10 Å². The third-order valence-corrected chi connectivity index (χ3v) is 2.63. The number of aliphatic hydroxyl groups excluding tert-OH is 1. The molecular formula is C13H13N3O3. The Bertz CT molecular complexity index is 560. The largest absolute Gasteiger partial charge is 0.387 e. The van der Waals surface area contributed by atoms with E-state index in [9.17, 15) is 15.2 Å². The van der Waals surface area contributed by atoms with E-state index in [4.69, 9.17) is 0 Å². The Kier molecular flexibility index (Phi) is 4.04. The zero-order chi connectivity index (χ0) is 13.7. The predicted octanol–water partition coefficient (Wildman–Crippen LogP) is 2.14.